The third kappa shape index (κ3) is 5.53. The molecule has 9 nitrogen and oxygen atoms in total. The van der Waals surface area contributed by atoms with Gasteiger partial charge in [-0.15, -0.1) is 0 Å². The summed E-state index contributed by atoms with van der Waals surface area (Å²) in [4.78, 5) is 40.1. The Morgan fingerprint density at radius 1 is 0.939 bits per heavy atom. The van der Waals surface area contributed by atoms with E-state index in [0.717, 1.165) is 11.3 Å². The van der Waals surface area contributed by atoms with E-state index in [1.165, 1.54) is 6.07 Å². The zero-order valence-electron chi connectivity index (χ0n) is 17.5. The Labute approximate surface area is 189 Å². The van der Waals surface area contributed by atoms with Gasteiger partial charge in [-0.05, 0) is 48.5 Å². The number of fused-ring (bicyclic) bond motifs is 1. The van der Waals surface area contributed by atoms with Crippen LogP contribution in [0.5, 0.6) is 5.75 Å². The molecule has 33 heavy (non-hydrogen) atoms. The van der Waals surface area contributed by atoms with Gasteiger partial charge in [-0.2, -0.15) is 0 Å². The van der Waals surface area contributed by atoms with Gasteiger partial charge in [0.05, 0.1) is 12.2 Å². The summed E-state index contributed by atoms with van der Waals surface area (Å²) in [6, 6.07) is 18.9. The van der Waals surface area contributed by atoms with E-state index in [2.05, 4.69) is 15.6 Å². The first-order valence-corrected chi connectivity index (χ1v) is 10.1. The van der Waals surface area contributed by atoms with E-state index in [4.69, 9.17) is 10.5 Å². The number of carbonyl (C=O) groups excluding carboxylic acids is 3. The maximum absolute atomic E-state index is 12.7. The molecule has 0 aliphatic carbocycles. The molecule has 0 fully saturated rings. The molecule has 0 aliphatic heterocycles. The second-order valence-corrected chi connectivity index (χ2v) is 7.20. The molecule has 0 bridgehead atoms. The smallest absolute Gasteiger partial charge is 0.255 e. The summed E-state index contributed by atoms with van der Waals surface area (Å²) in [5.74, 6) is -0.939. The SMILES string of the molecule is NC(=O)CNC(=O)c1cccc(NC(=O)c2cccc(OCc3cn4ccccc4n3)c2)c1. The number of primary amides is 1. The number of amides is 3. The average Bonchev–Trinajstić information content (AvgIpc) is 3.24. The molecule has 4 N–H and O–H groups in total. The molecule has 2 aromatic heterocycles. The lowest BCUT2D eigenvalue weighted by Crippen LogP contribution is -2.33. The van der Waals surface area contributed by atoms with E-state index in [-0.39, 0.29) is 19.1 Å². The van der Waals surface area contributed by atoms with Crippen LogP contribution < -0.4 is 21.1 Å². The van der Waals surface area contributed by atoms with E-state index in [9.17, 15) is 14.4 Å². The predicted octanol–water partition coefficient (Wildman–Crippen LogP) is 2.38. The zero-order valence-corrected chi connectivity index (χ0v) is 17.5. The molecule has 0 unspecified atom stereocenters. The minimum atomic E-state index is -0.643. The maximum atomic E-state index is 12.7. The average molecular weight is 443 g/mol. The number of ether oxygens (including phenoxy) is 1. The molecule has 166 valence electrons. The van der Waals surface area contributed by atoms with Crippen molar-refractivity contribution in [2.24, 2.45) is 5.73 Å². The predicted molar refractivity (Wildman–Crippen MR) is 122 cm³/mol. The first-order valence-electron chi connectivity index (χ1n) is 10.1. The van der Waals surface area contributed by atoms with Crippen LogP contribution in [0.4, 0.5) is 5.69 Å². The quantitative estimate of drug-likeness (QED) is 0.385. The summed E-state index contributed by atoms with van der Waals surface area (Å²) in [5.41, 5.74) is 7.75. The Morgan fingerprint density at radius 3 is 2.52 bits per heavy atom. The summed E-state index contributed by atoms with van der Waals surface area (Å²) in [6.45, 7) is -0.00756. The van der Waals surface area contributed by atoms with Gasteiger partial charge in [-0.3, -0.25) is 14.4 Å². The molecule has 0 radical (unpaired) electrons. The molecular formula is C24H21N5O4. The Hall–Kier alpha value is -4.66. The van der Waals surface area contributed by atoms with Crippen molar-refractivity contribution in [1.82, 2.24) is 14.7 Å². The second-order valence-electron chi connectivity index (χ2n) is 7.20. The Bertz CT molecular complexity index is 1300. The van der Waals surface area contributed by atoms with Crippen molar-refractivity contribution in [2.75, 3.05) is 11.9 Å². The maximum Gasteiger partial charge on any atom is 0.255 e. The van der Waals surface area contributed by atoms with Gasteiger partial charge in [0.1, 0.15) is 18.0 Å². The standard InChI is InChI=1S/C24H21N5O4/c25-21(30)13-26-23(31)16-5-3-7-18(11-16)28-24(32)17-6-4-8-20(12-17)33-15-19-14-29-10-2-1-9-22(29)27-19/h1-12,14H,13,15H2,(H2,25,30)(H,26,31)(H,28,32). The van der Waals surface area contributed by atoms with Crippen LogP contribution in [0.15, 0.2) is 79.1 Å². The van der Waals surface area contributed by atoms with Crippen molar-refractivity contribution >= 4 is 29.1 Å². The van der Waals surface area contributed by atoms with Crippen LogP contribution in [-0.4, -0.2) is 33.7 Å². The van der Waals surface area contributed by atoms with Crippen LogP contribution >= 0.6 is 0 Å². The number of aromatic nitrogens is 2. The summed E-state index contributed by atoms with van der Waals surface area (Å²) in [7, 11) is 0. The highest BCUT2D eigenvalue weighted by atomic mass is 16.5. The van der Waals surface area contributed by atoms with Gasteiger partial charge < -0.3 is 25.5 Å². The third-order valence-electron chi connectivity index (χ3n) is 4.70. The van der Waals surface area contributed by atoms with Crippen molar-refractivity contribution in [1.29, 1.82) is 0 Å². The summed E-state index contributed by atoms with van der Waals surface area (Å²) in [5, 5.41) is 5.16. The number of nitrogens with two attached hydrogens (primary N) is 1. The molecule has 0 saturated carbocycles. The number of benzene rings is 2. The van der Waals surface area contributed by atoms with Crippen LogP contribution in [0.2, 0.25) is 0 Å². The van der Waals surface area contributed by atoms with Gasteiger partial charge >= 0.3 is 0 Å². The lowest BCUT2D eigenvalue weighted by Gasteiger charge is -2.09. The van der Waals surface area contributed by atoms with E-state index in [1.54, 1.807) is 42.5 Å². The molecule has 2 aromatic carbocycles. The number of hydrogen-bond donors (Lipinski definition) is 3. The van der Waals surface area contributed by atoms with E-state index >= 15 is 0 Å². The Kier molecular flexibility index (Phi) is 6.31. The lowest BCUT2D eigenvalue weighted by molar-refractivity contribution is -0.117. The first kappa shape index (κ1) is 21.6. The van der Waals surface area contributed by atoms with Gasteiger partial charge in [0.2, 0.25) is 5.91 Å². The molecule has 0 atom stereocenters. The van der Waals surface area contributed by atoms with Crippen molar-refractivity contribution in [3.63, 3.8) is 0 Å². The molecule has 2 heterocycles. The van der Waals surface area contributed by atoms with Crippen LogP contribution in [0.1, 0.15) is 26.4 Å². The molecule has 4 aromatic rings. The van der Waals surface area contributed by atoms with Gasteiger partial charge in [0, 0.05) is 29.2 Å². The molecule has 4 rings (SSSR count). The van der Waals surface area contributed by atoms with Gasteiger partial charge in [0.25, 0.3) is 11.8 Å². The Balaban J connectivity index is 1.39. The van der Waals surface area contributed by atoms with Gasteiger partial charge in [0.15, 0.2) is 0 Å². The fraction of sp³-hybridized carbons (Fsp3) is 0.0833. The van der Waals surface area contributed by atoms with E-state index in [1.807, 2.05) is 35.0 Å². The van der Waals surface area contributed by atoms with Crippen LogP contribution in [0.3, 0.4) is 0 Å². The third-order valence-corrected chi connectivity index (χ3v) is 4.70. The Morgan fingerprint density at radius 2 is 1.73 bits per heavy atom. The molecular weight excluding hydrogens is 422 g/mol. The van der Waals surface area contributed by atoms with Crippen LogP contribution in [0.25, 0.3) is 5.65 Å². The monoisotopic (exact) mass is 443 g/mol. The van der Waals surface area contributed by atoms with Gasteiger partial charge in [-0.25, -0.2) is 4.98 Å². The van der Waals surface area contributed by atoms with Crippen LogP contribution in [-0.2, 0) is 11.4 Å². The van der Waals surface area contributed by atoms with Crippen molar-refractivity contribution in [3.05, 3.63) is 95.9 Å². The van der Waals surface area contributed by atoms with Crippen LogP contribution in [0, 0.1) is 0 Å². The van der Waals surface area contributed by atoms with Crippen molar-refractivity contribution in [2.45, 2.75) is 6.61 Å². The molecule has 3 amide bonds. The topological polar surface area (TPSA) is 128 Å². The normalized spacial score (nSPS) is 10.5. The zero-order chi connectivity index (χ0) is 23.2. The number of nitrogens with one attached hydrogen (secondary N) is 2. The number of hydrogen-bond acceptors (Lipinski definition) is 5. The number of anilines is 1. The minimum absolute atomic E-state index is 0.259. The molecule has 0 saturated heterocycles. The largest absolute Gasteiger partial charge is 0.487 e. The van der Waals surface area contributed by atoms with Gasteiger partial charge in [-0.1, -0.05) is 18.2 Å². The lowest BCUT2D eigenvalue weighted by atomic mass is 10.1. The van der Waals surface area contributed by atoms with Crippen molar-refractivity contribution < 1.29 is 19.1 Å². The number of rotatable bonds is 8. The summed E-state index contributed by atoms with van der Waals surface area (Å²) >= 11 is 0. The first-order chi connectivity index (χ1) is 16.0. The highest BCUT2D eigenvalue weighted by Crippen LogP contribution is 2.18. The number of nitrogens with zero attached hydrogens (tertiary/aromatic N) is 2. The fourth-order valence-corrected chi connectivity index (χ4v) is 3.15. The highest BCUT2D eigenvalue weighted by Gasteiger charge is 2.11. The van der Waals surface area contributed by atoms with E-state index in [0.29, 0.717) is 22.6 Å². The molecule has 0 spiro atoms. The molecule has 9 heteroatoms. The molecule has 0 aliphatic rings. The highest BCUT2D eigenvalue weighted by molar-refractivity contribution is 6.05. The van der Waals surface area contributed by atoms with E-state index < -0.39 is 11.8 Å². The van der Waals surface area contributed by atoms with Crippen molar-refractivity contribution in [3.8, 4) is 5.75 Å². The second kappa shape index (κ2) is 9.65. The number of pyridine rings is 1. The fourth-order valence-electron chi connectivity index (χ4n) is 3.15. The summed E-state index contributed by atoms with van der Waals surface area (Å²) in [6.07, 6.45) is 3.80. The summed E-state index contributed by atoms with van der Waals surface area (Å²) < 4.78 is 7.72. The number of imidazole rings is 1. The minimum Gasteiger partial charge on any atom is -0.487 e. The number of carbonyl (C=O) groups is 3.